The number of carbonyl (C=O) groups is 1. The van der Waals surface area contributed by atoms with Crippen LogP contribution < -0.4 is 19.5 Å². The standard InChI is InChI=1S/C18H20N2O6/c1-4-25-15-9-10-16(17(11-15)20(22)23)19-18(21)12(2)26-14-7-5-13(24-3)6-8-14/h5-12H,4H2,1-3H3,(H,19,21). The third kappa shape index (κ3) is 4.85. The third-order valence-electron chi connectivity index (χ3n) is 3.48. The van der Waals surface area contributed by atoms with E-state index in [4.69, 9.17) is 14.2 Å². The molecule has 0 heterocycles. The molecule has 0 aliphatic carbocycles. The Morgan fingerprint density at radius 1 is 1.15 bits per heavy atom. The molecular weight excluding hydrogens is 340 g/mol. The predicted molar refractivity (Wildman–Crippen MR) is 96.0 cm³/mol. The van der Waals surface area contributed by atoms with Crippen molar-refractivity contribution in [1.82, 2.24) is 0 Å². The van der Waals surface area contributed by atoms with Gasteiger partial charge in [0.15, 0.2) is 6.10 Å². The number of hydrogen-bond donors (Lipinski definition) is 1. The lowest BCUT2D eigenvalue weighted by Crippen LogP contribution is -2.30. The SMILES string of the molecule is CCOc1ccc(NC(=O)C(C)Oc2ccc(OC)cc2)c([N+](=O)[O-])c1. The largest absolute Gasteiger partial charge is 0.497 e. The number of nitro groups is 1. The molecule has 1 atom stereocenters. The second kappa shape index (κ2) is 8.70. The average Bonchev–Trinajstić information content (AvgIpc) is 2.63. The molecule has 2 rings (SSSR count). The van der Waals surface area contributed by atoms with Gasteiger partial charge in [0.1, 0.15) is 22.9 Å². The zero-order valence-corrected chi connectivity index (χ0v) is 14.7. The van der Waals surface area contributed by atoms with Crippen LogP contribution in [-0.4, -0.2) is 30.7 Å². The minimum absolute atomic E-state index is 0.0774. The minimum atomic E-state index is -0.852. The summed E-state index contributed by atoms with van der Waals surface area (Å²) in [7, 11) is 1.55. The van der Waals surface area contributed by atoms with Crippen molar-refractivity contribution in [3.05, 3.63) is 52.6 Å². The Morgan fingerprint density at radius 2 is 1.77 bits per heavy atom. The van der Waals surface area contributed by atoms with Gasteiger partial charge in [-0.1, -0.05) is 0 Å². The lowest BCUT2D eigenvalue weighted by molar-refractivity contribution is -0.384. The molecule has 0 aliphatic heterocycles. The number of carbonyl (C=O) groups excluding carboxylic acids is 1. The Kier molecular flexibility index (Phi) is 6.37. The Labute approximate surface area is 150 Å². The maximum atomic E-state index is 12.3. The van der Waals surface area contributed by atoms with Crippen LogP contribution in [0.1, 0.15) is 13.8 Å². The van der Waals surface area contributed by atoms with Crippen molar-refractivity contribution in [3.63, 3.8) is 0 Å². The molecule has 0 fully saturated rings. The molecule has 0 bridgehead atoms. The summed E-state index contributed by atoms with van der Waals surface area (Å²) >= 11 is 0. The summed E-state index contributed by atoms with van der Waals surface area (Å²) in [5.74, 6) is 1.00. The van der Waals surface area contributed by atoms with Crippen molar-refractivity contribution >= 4 is 17.3 Å². The van der Waals surface area contributed by atoms with E-state index in [9.17, 15) is 14.9 Å². The zero-order chi connectivity index (χ0) is 19.1. The minimum Gasteiger partial charge on any atom is -0.497 e. The first-order valence-electron chi connectivity index (χ1n) is 7.97. The quantitative estimate of drug-likeness (QED) is 0.572. The summed E-state index contributed by atoms with van der Waals surface area (Å²) in [6.07, 6.45) is -0.852. The Morgan fingerprint density at radius 3 is 2.35 bits per heavy atom. The normalized spacial score (nSPS) is 11.3. The van der Waals surface area contributed by atoms with Gasteiger partial charge in [-0.25, -0.2) is 0 Å². The third-order valence-corrected chi connectivity index (χ3v) is 3.48. The Bertz CT molecular complexity index is 776. The number of anilines is 1. The lowest BCUT2D eigenvalue weighted by Gasteiger charge is -2.15. The van der Waals surface area contributed by atoms with E-state index in [0.717, 1.165) is 0 Å². The maximum Gasteiger partial charge on any atom is 0.296 e. The summed E-state index contributed by atoms with van der Waals surface area (Å²) in [6, 6.07) is 11.0. The van der Waals surface area contributed by atoms with Crippen LogP contribution in [0.3, 0.4) is 0 Å². The van der Waals surface area contributed by atoms with Gasteiger partial charge < -0.3 is 19.5 Å². The van der Waals surface area contributed by atoms with Gasteiger partial charge in [-0.3, -0.25) is 14.9 Å². The van der Waals surface area contributed by atoms with Crippen LogP contribution in [0.15, 0.2) is 42.5 Å². The Balaban J connectivity index is 2.08. The number of hydrogen-bond acceptors (Lipinski definition) is 6. The first-order chi connectivity index (χ1) is 12.4. The van der Waals surface area contributed by atoms with Gasteiger partial charge in [-0.2, -0.15) is 0 Å². The van der Waals surface area contributed by atoms with E-state index in [2.05, 4.69) is 5.32 Å². The van der Waals surface area contributed by atoms with Crippen LogP contribution >= 0.6 is 0 Å². The van der Waals surface area contributed by atoms with Gasteiger partial charge in [-0.05, 0) is 50.2 Å². The van der Waals surface area contributed by atoms with Crippen LogP contribution in [0.4, 0.5) is 11.4 Å². The molecule has 8 nitrogen and oxygen atoms in total. The Hall–Kier alpha value is -3.29. The number of amides is 1. The summed E-state index contributed by atoms with van der Waals surface area (Å²) in [6.45, 7) is 3.72. The van der Waals surface area contributed by atoms with E-state index in [1.54, 1.807) is 51.3 Å². The molecule has 138 valence electrons. The van der Waals surface area contributed by atoms with Crippen molar-refractivity contribution in [2.45, 2.75) is 20.0 Å². The molecule has 2 aromatic carbocycles. The molecule has 0 saturated heterocycles. The van der Waals surface area contributed by atoms with Crippen molar-refractivity contribution in [2.24, 2.45) is 0 Å². The fourth-order valence-corrected chi connectivity index (χ4v) is 2.17. The second-order valence-corrected chi connectivity index (χ2v) is 5.29. The van der Waals surface area contributed by atoms with Crippen molar-refractivity contribution in [3.8, 4) is 17.2 Å². The molecule has 8 heteroatoms. The van der Waals surface area contributed by atoms with Crippen molar-refractivity contribution < 1.29 is 23.9 Å². The van der Waals surface area contributed by atoms with Crippen molar-refractivity contribution in [2.75, 3.05) is 19.0 Å². The van der Waals surface area contributed by atoms with Gasteiger partial charge in [0.05, 0.1) is 24.7 Å². The van der Waals surface area contributed by atoms with Gasteiger partial charge in [-0.15, -0.1) is 0 Å². The topological polar surface area (TPSA) is 99.9 Å². The smallest absolute Gasteiger partial charge is 0.296 e. The molecular formula is C18H20N2O6. The van der Waals surface area contributed by atoms with Gasteiger partial charge >= 0.3 is 0 Å². The maximum absolute atomic E-state index is 12.3. The molecule has 0 aromatic heterocycles. The highest BCUT2D eigenvalue weighted by atomic mass is 16.6. The monoisotopic (exact) mass is 360 g/mol. The molecule has 1 N–H and O–H groups in total. The molecule has 2 aromatic rings. The summed E-state index contributed by atoms with van der Waals surface area (Å²) in [5.41, 5.74) is -0.172. The molecule has 0 saturated carbocycles. The highest BCUT2D eigenvalue weighted by Crippen LogP contribution is 2.29. The first kappa shape index (κ1) is 19.0. The fourth-order valence-electron chi connectivity index (χ4n) is 2.17. The predicted octanol–water partition coefficient (Wildman–Crippen LogP) is 3.41. The van der Waals surface area contributed by atoms with Gasteiger partial charge in [0.2, 0.25) is 0 Å². The molecule has 1 amide bonds. The van der Waals surface area contributed by atoms with Crippen LogP contribution in [0.25, 0.3) is 0 Å². The van der Waals surface area contributed by atoms with Crippen LogP contribution in [-0.2, 0) is 4.79 Å². The average molecular weight is 360 g/mol. The molecule has 0 spiro atoms. The van der Waals surface area contributed by atoms with Crippen molar-refractivity contribution in [1.29, 1.82) is 0 Å². The highest BCUT2D eigenvalue weighted by molar-refractivity contribution is 5.96. The molecule has 26 heavy (non-hydrogen) atoms. The van der Waals surface area contributed by atoms with Gasteiger partial charge in [0.25, 0.3) is 11.6 Å². The van der Waals surface area contributed by atoms with E-state index in [1.165, 1.54) is 12.1 Å². The number of rotatable bonds is 8. The summed E-state index contributed by atoms with van der Waals surface area (Å²) < 4.78 is 15.9. The van der Waals surface area contributed by atoms with E-state index < -0.39 is 16.9 Å². The number of methoxy groups -OCH3 is 1. The number of benzene rings is 2. The lowest BCUT2D eigenvalue weighted by atomic mass is 10.2. The number of nitrogens with one attached hydrogen (secondary N) is 1. The van der Waals surface area contributed by atoms with Crippen LogP contribution in [0.5, 0.6) is 17.2 Å². The van der Waals surface area contributed by atoms with E-state index in [1.807, 2.05) is 0 Å². The number of ether oxygens (including phenoxy) is 3. The highest BCUT2D eigenvalue weighted by Gasteiger charge is 2.21. The number of nitrogens with zero attached hydrogens (tertiary/aromatic N) is 1. The summed E-state index contributed by atoms with van der Waals surface area (Å²) in [5, 5.41) is 13.8. The van der Waals surface area contributed by atoms with Crippen LogP contribution in [0.2, 0.25) is 0 Å². The van der Waals surface area contributed by atoms with E-state index >= 15 is 0 Å². The van der Waals surface area contributed by atoms with E-state index in [-0.39, 0.29) is 11.4 Å². The van der Waals surface area contributed by atoms with Crippen LogP contribution in [0, 0.1) is 10.1 Å². The number of nitro benzene ring substituents is 1. The first-order valence-corrected chi connectivity index (χ1v) is 7.97. The summed E-state index contributed by atoms with van der Waals surface area (Å²) in [4.78, 5) is 23.0. The molecule has 0 aliphatic rings. The zero-order valence-electron chi connectivity index (χ0n) is 14.7. The molecule has 1 unspecified atom stereocenters. The fraction of sp³-hybridized carbons (Fsp3) is 0.278. The van der Waals surface area contributed by atoms with E-state index in [0.29, 0.717) is 23.9 Å². The second-order valence-electron chi connectivity index (χ2n) is 5.29. The molecule has 0 radical (unpaired) electrons. The van der Waals surface area contributed by atoms with Gasteiger partial charge in [0, 0.05) is 0 Å².